The van der Waals surface area contributed by atoms with E-state index in [1.54, 1.807) is 37.5 Å². The SMILES string of the molecule is COc1ccc(N2C(=O)/C(=C\c3cn(CC(=O)Nc4ccc(F)cc4)c4ccccc34)SC2=S)cc1. The number of para-hydroxylation sites is 1. The minimum atomic E-state index is -0.369. The van der Waals surface area contributed by atoms with Gasteiger partial charge in [-0.1, -0.05) is 42.2 Å². The van der Waals surface area contributed by atoms with Crippen LogP contribution in [-0.4, -0.2) is 27.8 Å². The molecule has 9 heteroatoms. The summed E-state index contributed by atoms with van der Waals surface area (Å²) < 4.78 is 20.6. The molecule has 3 aromatic carbocycles. The molecule has 2 heterocycles. The number of halogens is 1. The van der Waals surface area contributed by atoms with Crippen LogP contribution in [0.5, 0.6) is 5.75 Å². The number of methoxy groups -OCH3 is 1. The van der Waals surface area contributed by atoms with Crippen LogP contribution < -0.4 is 15.0 Å². The minimum absolute atomic E-state index is 0.0541. The van der Waals surface area contributed by atoms with Crippen LogP contribution in [0.15, 0.2) is 83.9 Å². The van der Waals surface area contributed by atoms with Crippen molar-refractivity contribution in [2.45, 2.75) is 6.54 Å². The number of aromatic nitrogens is 1. The van der Waals surface area contributed by atoms with Crippen molar-refractivity contribution < 1.29 is 18.7 Å². The highest BCUT2D eigenvalue weighted by Gasteiger charge is 2.33. The summed E-state index contributed by atoms with van der Waals surface area (Å²) >= 11 is 6.73. The van der Waals surface area contributed by atoms with E-state index < -0.39 is 0 Å². The molecule has 5 rings (SSSR count). The van der Waals surface area contributed by atoms with Crippen LogP contribution in [0.2, 0.25) is 0 Å². The van der Waals surface area contributed by atoms with E-state index in [1.165, 1.54) is 40.9 Å². The van der Waals surface area contributed by atoms with E-state index in [4.69, 9.17) is 17.0 Å². The lowest BCUT2D eigenvalue weighted by molar-refractivity contribution is -0.116. The van der Waals surface area contributed by atoms with Gasteiger partial charge in [-0.2, -0.15) is 0 Å². The van der Waals surface area contributed by atoms with Crippen LogP contribution in [0.4, 0.5) is 15.8 Å². The molecule has 0 spiro atoms. The highest BCUT2D eigenvalue weighted by Crippen LogP contribution is 2.37. The van der Waals surface area contributed by atoms with Gasteiger partial charge in [-0.3, -0.25) is 14.5 Å². The number of anilines is 2. The maximum Gasteiger partial charge on any atom is 0.270 e. The molecule has 1 aromatic heterocycles. The molecule has 0 saturated carbocycles. The predicted octanol–water partition coefficient (Wildman–Crippen LogP) is 5.83. The van der Waals surface area contributed by atoms with Crippen LogP contribution in [-0.2, 0) is 16.1 Å². The van der Waals surface area contributed by atoms with Gasteiger partial charge in [-0.25, -0.2) is 4.39 Å². The summed E-state index contributed by atoms with van der Waals surface area (Å²) in [6.07, 6.45) is 3.65. The molecule has 2 amide bonds. The molecule has 1 saturated heterocycles. The third kappa shape index (κ3) is 4.75. The summed E-state index contributed by atoms with van der Waals surface area (Å²) in [7, 11) is 1.58. The minimum Gasteiger partial charge on any atom is -0.497 e. The first-order chi connectivity index (χ1) is 17.4. The summed E-state index contributed by atoms with van der Waals surface area (Å²) in [5.41, 5.74) is 2.83. The lowest BCUT2D eigenvalue weighted by Crippen LogP contribution is -2.27. The number of ether oxygens (including phenoxy) is 1. The van der Waals surface area contributed by atoms with Gasteiger partial charge < -0.3 is 14.6 Å². The fraction of sp³-hybridized carbons (Fsp3) is 0.0741. The van der Waals surface area contributed by atoms with Crippen molar-refractivity contribution in [3.8, 4) is 5.75 Å². The highest BCUT2D eigenvalue weighted by molar-refractivity contribution is 8.27. The van der Waals surface area contributed by atoms with E-state index in [1.807, 2.05) is 35.0 Å². The molecule has 6 nitrogen and oxygen atoms in total. The van der Waals surface area contributed by atoms with Crippen molar-refractivity contribution in [3.05, 3.63) is 95.3 Å². The molecular formula is C27H20FN3O3S2. The van der Waals surface area contributed by atoms with E-state index in [-0.39, 0.29) is 24.2 Å². The quantitative estimate of drug-likeness (QED) is 0.257. The molecule has 180 valence electrons. The monoisotopic (exact) mass is 517 g/mol. The molecule has 36 heavy (non-hydrogen) atoms. The summed E-state index contributed by atoms with van der Waals surface area (Å²) in [6, 6.07) is 20.4. The Kier molecular flexibility index (Phi) is 6.58. The van der Waals surface area contributed by atoms with E-state index in [0.29, 0.717) is 26.3 Å². The zero-order valence-electron chi connectivity index (χ0n) is 19.1. The molecule has 0 atom stereocenters. The Morgan fingerprint density at radius 3 is 2.53 bits per heavy atom. The number of carbonyl (C=O) groups excluding carboxylic acids is 2. The van der Waals surface area contributed by atoms with Gasteiger partial charge in [0.2, 0.25) is 5.91 Å². The van der Waals surface area contributed by atoms with Crippen molar-refractivity contribution >= 4 is 68.5 Å². The molecule has 1 fully saturated rings. The number of nitrogens with one attached hydrogen (secondary N) is 1. The lowest BCUT2D eigenvalue weighted by Gasteiger charge is -2.14. The topological polar surface area (TPSA) is 63.6 Å². The second kappa shape index (κ2) is 9.96. The van der Waals surface area contributed by atoms with Gasteiger partial charge in [0, 0.05) is 28.4 Å². The number of thioether (sulfide) groups is 1. The predicted molar refractivity (Wildman–Crippen MR) is 146 cm³/mol. The Balaban J connectivity index is 1.41. The third-order valence-electron chi connectivity index (χ3n) is 5.67. The lowest BCUT2D eigenvalue weighted by atomic mass is 10.1. The number of benzene rings is 3. The summed E-state index contributed by atoms with van der Waals surface area (Å²) in [4.78, 5) is 27.9. The molecular weight excluding hydrogens is 497 g/mol. The van der Waals surface area contributed by atoms with Crippen molar-refractivity contribution in [1.29, 1.82) is 0 Å². The molecule has 0 aliphatic carbocycles. The largest absolute Gasteiger partial charge is 0.497 e. The number of fused-ring (bicyclic) bond motifs is 1. The molecule has 1 N–H and O–H groups in total. The van der Waals surface area contributed by atoms with Crippen molar-refractivity contribution in [1.82, 2.24) is 4.57 Å². The van der Waals surface area contributed by atoms with Gasteiger partial charge in [-0.15, -0.1) is 0 Å². The number of rotatable bonds is 6. The van der Waals surface area contributed by atoms with E-state index in [0.717, 1.165) is 16.5 Å². The van der Waals surface area contributed by atoms with Gasteiger partial charge in [0.1, 0.15) is 18.1 Å². The molecule has 1 aliphatic heterocycles. The first-order valence-electron chi connectivity index (χ1n) is 11.0. The second-order valence-corrected chi connectivity index (χ2v) is 9.68. The number of hydrogen-bond donors (Lipinski definition) is 1. The average Bonchev–Trinajstić information content (AvgIpc) is 3.36. The summed E-state index contributed by atoms with van der Waals surface area (Å²) in [5, 5.41) is 3.68. The van der Waals surface area contributed by atoms with Crippen molar-refractivity contribution in [2.75, 3.05) is 17.3 Å². The van der Waals surface area contributed by atoms with Gasteiger partial charge >= 0.3 is 0 Å². The molecule has 4 aromatic rings. The Bertz CT molecular complexity index is 1510. The van der Waals surface area contributed by atoms with Crippen LogP contribution in [0.1, 0.15) is 5.56 Å². The molecule has 1 aliphatic rings. The Morgan fingerprint density at radius 1 is 1.08 bits per heavy atom. The standard InChI is InChI=1S/C27H20FN3O3S2/c1-34-21-12-10-20(11-13-21)31-26(33)24(36-27(31)35)14-17-15-30(23-5-3-2-4-22(17)23)16-25(32)29-19-8-6-18(28)7-9-19/h2-15H,16H2,1H3,(H,29,32)/b24-14+. The maximum atomic E-state index is 13.2. The summed E-state index contributed by atoms with van der Waals surface area (Å²) in [5.74, 6) is -0.136. The van der Waals surface area contributed by atoms with Crippen LogP contribution in [0, 0.1) is 5.82 Å². The smallest absolute Gasteiger partial charge is 0.270 e. The summed E-state index contributed by atoms with van der Waals surface area (Å²) in [6.45, 7) is 0.0541. The first kappa shape index (κ1) is 23.8. The zero-order chi connectivity index (χ0) is 25.2. The number of nitrogens with zero attached hydrogens (tertiary/aromatic N) is 2. The van der Waals surface area contributed by atoms with Crippen molar-refractivity contribution in [2.24, 2.45) is 0 Å². The average molecular weight is 518 g/mol. The first-order valence-corrected chi connectivity index (χ1v) is 12.2. The van der Waals surface area contributed by atoms with Gasteiger partial charge in [0.25, 0.3) is 5.91 Å². The molecule has 0 unspecified atom stereocenters. The Hall–Kier alpha value is -3.95. The fourth-order valence-corrected chi connectivity index (χ4v) is 5.26. The number of carbonyl (C=O) groups is 2. The van der Waals surface area contributed by atoms with E-state index >= 15 is 0 Å². The zero-order valence-corrected chi connectivity index (χ0v) is 20.7. The molecule has 0 radical (unpaired) electrons. The highest BCUT2D eigenvalue weighted by atomic mass is 32.2. The number of amides is 2. The number of thiocarbonyl (C=S) groups is 1. The maximum absolute atomic E-state index is 13.2. The third-order valence-corrected chi connectivity index (χ3v) is 6.97. The van der Waals surface area contributed by atoms with Gasteiger partial charge in [0.05, 0.1) is 17.7 Å². The van der Waals surface area contributed by atoms with Gasteiger partial charge in [-0.05, 0) is 60.7 Å². The Morgan fingerprint density at radius 2 is 1.81 bits per heavy atom. The fourth-order valence-electron chi connectivity index (χ4n) is 3.97. The van der Waals surface area contributed by atoms with E-state index in [2.05, 4.69) is 5.32 Å². The molecule has 0 bridgehead atoms. The van der Waals surface area contributed by atoms with Crippen LogP contribution in [0.25, 0.3) is 17.0 Å². The van der Waals surface area contributed by atoms with E-state index in [9.17, 15) is 14.0 Å². The van der Waals surface area contributed by atoms with Crippen LogP contribution in [0.3, 0.4) is 0 Å². The normalized spacial score (nSPS) is 14.6. The van der Waals surface area contributed by atoms with Crippen molar-refractivity contribution in [3.63, 3.8) is 0 Å². The number of hydrogen-bond acceptors (Lipinski definition) is 5. The van der Waals surface area contributed by atoms with Crippen LogP contribution >= 0.6 is 24.0 Å². The van der Waals surface area contributed by atoms with Gasteiger partial charge in [0.15, 0.2) is 4.32 Å². The second-order valence-electron chi connectivity index (χ2n) is 8.00. The Labute approximate surface area is 216 Å².